The van der Waals surface area contributed by atoms with Crippen molar-refractivity contribution < 1.29 is 0 Å². The van der Waals surface area contributed by atoms with Crippen LogP contribution in [0.1, 0.15) is 43.6 Å². The summed E-state index contributed by atoms with van der Waals surface area (Å²) in [5.74, 6) is 2.38. The van der Waals surface area contributed by atoms with Crippen molar-refractivity contribution in [3.8, 4) is 0 Å². The Labute approximate surface area is 108 Å². The van der Waals surface area contributed by atoms with Crippen LogP contribution in [0.4, 0.5) is 5.82 Å². The largest absolute Gasteiger partial charge is 0.363 e. The third-order valence-electron chi connectivity index (χ3n) is 3.43. The second kappa shape index (κ2) is 5.21. The monoisotopic (exact) mass is 253 g/mol. The first-order valence-electron chi connectivity index (χ1n) is 6.30. The number of nitrogens with zero attached hydrogens (tertiary/aromatic N) is 2. The third kappa shape index (κ3) is 3.09. The minimum Gasteiger partial charge on any atom is -0.363 e. The van der Waals surface area contributed by atoms with E-state index in [1.165, 1.54) is 19.3 Å². The highest BCUT2D eigenvalue weighted by Crippen LogP contribution is 2.32. The minimum atomic E-state index is 0.0348. The van der Waals surface area contributed by atoms with Gasteiger partial charge in [-0.05, 0) is 26.7 Å². The average molecular weight is 254 g/mol. The Balaban J connectivity index is 2.17. The third-order valence-corrected chi connectivity index (χ3v) is 3.94. The molecule has 0 unspecified atom stereocenters. The predicted molar refractivity (Wildman–Crippen MR) is 71.7 cm³/mol. The van der Waals surface area contributed by atoms with Crippen LogP contribution in [0.25, 0.3) is 0 Å². The second-order valence-corrected chi connectivity index (χ2v) is 5.31. The Morgan fingerprint density at radius 1 is 1.24 bits per heavy atom. The molecule has 0 amide bonds. The standard InChI is InChI=1S/C13H20ClN3/c1-10-8-12(16-11(2)15-10)17-13(9-14)6-4-3-5-7-13/h8H,3-7,9H2,1-2H3,(H,15,16,17). The molecule has 0 bridgehead atoms. The molecule has 0 spiro atoms. The van der Waals surface area contributed by atoms with Crippen LogP contribution in [0.5, 0.6) is 0 Å². The molecule has 1 aliphatic rings. The highest BCUT2D eigenvalue weighted by Gasteiger charge is 2.31. The van der Waals surface area contributed by atoms with Crippen LogP contribution >= 0.6 is 11.6 Å². The Morgan fingerprint density at radius 2 is 1.94 bits per heavy atom. The normalized spacial score (nSPS) is 19.0. The maximum atomic E-state index is 6.16. The molecule has 2 rings (SSSR count). The summed E-state index contributed by atoms with van der Waals surface area (Å²) in [6, 6.07) is 2.00. The maximum absolute atomic E-state index is 6.16. The van der Waals surface area contributed by atoms with Crippen molar-refractivity contribution in [1.29, 1.82) is 0 Å². The van der Waals surface area contributed by atoms with Gasteiger partial charge >= 0.3 is 0 Å². The van der Waals surface area contributed by atoms with E-state index in [-0.39, 0.29) is 5.54 Å². The molecule has 0 radical (unpaired) electrons. The lowest BCUT2D eigenvalue weighted by Crippen LogP contribution is -2.42. The molecule has 0 saturated heterocycles. The molecule has 3 nitrogen and oxygen atoms in total. The summed E-state index contributed by atoms with van der Waals surface area (Å²) in [5, 5.41) is 3.54. The summed E-state index contributed by atoms with van der Waals surface area (Å²) >= 11 is 6.16. The highest BCUT2D eigenvalue weighted by molar-refractivity contribution is 6.18. The van der Waals surface area contributed by atoms with Crippen LogP contribution in [-0.2, 0) is 0 Å². The summed E-state index contributed by atoms with van der Waals surface area (Å²) < 4.78 is 0. The fourth-order valence-corrected chi connectivity index (χ4v) is 2.91. The van der Waals surface area contributed by atoms with Crippen LogP contribution in [-0.4, -0.2) is 21.4 Å². The van der Waals surface area contributed by atoms with Crippen molar-refractivity contribution in [1.82, 2.24) is 9.97 Å². The smallest absolute Gasteiger partial charge is 0.130 e. The van der Waals surface area contributed by atoms with Crippen molar-refractivity contribution in [3.05, 3.63) is 17.6 Å². The van der Waals surface area contributed by atoms with Crippen LogP contribution < -0.4 is 5.32 Å². The molecule has 0 aliphatic heterocycles. The summed E-state index contributed by atoms with van der Waals surface area (Å²) in [6.07, 6.45) is 6.10. The van der Waals surface area contributed by atoms with Gasteiger partial charge < -0.3 is 5.32 Å². The van der Waals surface area contributed by atoms with Gasteiger partial charge in [0.05, 0.1) is 5.54 Å². The van der Waals surface area contributed by atoms with Gasteiger partial charge in [0.2, 0.25) is 0 Å². The first kappa shape index (κ1) is 12.6. The average Bonchev–Trinajstić information content (AvgIpc) is 2.29. The number of hydrogen-bond acceptors (Lipinski definition) is 3. The van der Waals surface area contributed by atoms with Crippen LogP contribution in [0.2, 0.25) is 0 Å². The molecule has 1 heterocycles. The maximum Gasteiger partial charge on any atom is 0.130 e. The van der Waals surface area contributed by atoms with Gasteiger partial charge in [0.15, 0.2) is 0 Å². The number of nitrogens with one attached hydrogen (secondary N) is 1. The van der Waals surface area contributed by atoms with Crippen LogP contribution in [0.15, 0.2) is 6.07 Å². The molecule has 94 valence electrons. The molecule has 1 aliphatic carbocycles. The highest BCUT2D eigenvalue weighted by atomic mass is 35.5. The van der Waals surface area contributed by atoms with Gasteiger partial charge in [0.25, 0.3) is 0 Å². The minimum absolute atomic E-state index is 0.0348. The van der Waals surface area contributed by atoms with E-state index in [4.69, 9.17) is 11.6 Å². The van der Waals surface area contributed by atoms with Crippen molar-refractivity contribution in [2.45, 2.75) is 51.5 Å². The first-order valence-corrected chi connectivity index (χ1v) is 6.83. The zero-order valence-electron chi connectivity index (χ0n) is 10.6. The number of aryl methyl sites for hydroxylation is 2. The van der Waals surface area contributed by atoms with Gasteiger partial charge in [-0.2, -0.15) is 0 Å². The Hall–Kier alpha value is -0.830. The quantitative estimate of drug-likeness (QED) is 0.839. The Morgan fingerprint density at radius 3 is 2.53 bits per heavy atom. The zero-order valence-corrected chi connectivity index (χ0v) is 11.3. The summed E-state index contributed by atoms with van der Waals surface area (Å²) in [5.41, 5.74) is 1.04. The lowest BCUT2D eigenvalue weighted by atomic mass is 9.83. The van der Waals surface area contributed by atoms with E-state index < -0.39 is 0 Å². The molecular weight excluding hydrogens is 234 g/mol. The second-order valence-electron chi connectivity index (χ2n) is 5.04. The van der Waals surface area contributed by atoms with E-state index in [1.807, 2.05) is 19.9 Å². The fourth-order valence-electron chi connectivity index (χ4n) is 2.57. The topological polar surface area (TPSA) is 37.8 Å². The van der Waals surface area contributed by atoms with Crippen LogP contribution in [0, 0.1) is 13.8 Å². The molecular formula is C13H20ClN3. The summed E-state index contributed by atoms with van der Waals surface area (Å²) in [7, 11) is 0. The SMILES string of the molecule is Cc1cc(NC2(CCl)CCCCC2)nc(C)n1. The van der Waals surface area contributed by atoms with E-state index >= 15 is 0 Å². The van der Waals surface area contributed by atoms with Gasteiger partial charge in [-0.1, -0.05) is 19.3 Å². The van der Waals surface area contributed by atoms with Gasteiger partial charge in [0.1, 0.15) is 11.6 Å². The molecule has 0 atom stereocenters. The summed E-state index contributed by atoms with van der Waals surface area (Å²) in [6.45, 7) is 3.92. The van der Waals surface area contributed by atoms with Crippen molar-refractivity contribution in [3.63, 3.8) is 0 Å². The summed E-state index contributed by atoms with van der Waals surface area (Å²) in [4.78, 5) is 8.73. The van der Waals surface area contributed by atoms with E-state index in [0.29, 0.717) is 5.88 Å². The van der Waals surface area contributed by atoms with Gasteiger partial charge in [-0.15, -0.1) is 11.6 Å². The van der Waals surface area contributed by atoms with Crippen molar-refractivity contribution in [2.75, 3.05) is 11.2 Å². The number of rotatable bonds is 3. The van der Waals surface area contributed by atoms with E-state index in [2.05, 4.69) is 15.3 Å². The number of alkyl halides is 1. The van der Waals surface area contributed by atoms with Crippen molar-refractivity contribution >= 4 is 17.4 Å². The van der Waals surface area contributed by atoms with Crippen LogP contribution in [0.3, 0.4) is 0 Å². The van der Waals surface area contributed by atoms with E-state index in [1.54, 1.807) is 0 Å². The lowest BCUT2D eigenvalue weighted by molar-refractivity contribution is 0.352. The number of aromatic nitrogens is 2. The predicted octanol–water partition coefficient (Wildman–Crippen LogP) is 3.45. The van der Waals surface area contributed by atoms with Gasteiger partial charge in [-0.25, -0.2) is 9.97 Å². The molecule has 1 aromatic rings. The number of hydrogen-bond donors (Lipinski definition) is 1. The molecule has 1 N–H and O–H groups in total. The molecule has 17 heavy (non-hydrogen) atoms. The van der Waals surface area contributed by atoms with Gasteiger partial charge in [0, 0.05) is 17.6 Å². The molecule has 1 saturated carbocycles. The zero-order chi connectivity index (χ0) is 12.3. The fraction of sp³-hybridized carbons (Fsp3) is 0.692. The lowest BCUT2D eigenvalue weighted by Gasteiger charge is -2.37. The van der Waals surface area contributed by atoms with Gasteiger partial charge in [-0.3, -0.25) is 0 Å². The molecule has 0 aromatic carbocycles. The molecule has 4 heteroatoms. The van der Waals surface area contributed by atoms with E-state index in [0.717, 1.165) is 30.2 Å². The Kier molecular flexibility index (Phi) is 3.87. The number of halogens is 1. The molecule has 1 aromatic heterocycles. The first-order chi connectivity index (χ1) is 8.13. The Bertz CT molecular complexity index is 366. The number of anilines is 1. The van der Waals surface area contributed by atoms with E-state index in [9.17, 15) is 0 Å². The molecule has 1 fully saturated rings. The van der Waals surface area contributed by atoms with Crippen molar-refractivity contribution in [2.24, 2.45) is 0 Å².